The molecule has 0 unspecified atom stereocenters. The largest absolute Gasteiger partial charge is 0.490 e. The molecule has 2 heterocycles. The molecule has 0 aromatic heterocycles. The van der Waals surface area contributed by atoms with E-state index in [0.717, 1.165) is 42.4 Å². The van der Waals surface area contributed by atoms with E-state index in [1.165, 1.54) is 5.56 Å². The molecule has 3 aliphatic rings. The highest BCUT2D eigenvalue weighted by atomic mass is 16.5. The minimum absolute atomic E-state index is 0.0151. The molecule has 2 amide bonds. The minimum Gasteiger partial charge on any atom is -0.490 e. The number of hydrogen-bond donors (Lipinski definition) is 1. The van der Waals surface area contributed by atoms with E-state index < -0.39 is 12.0 Å². The highest BCUT2D eigenvalue weighted by molar-refractivity contribution is 6.01. The Hall–Kier alpha value is -3.80. The first-order valence-corrected chi connectivity index (χ1v) is 14.7. The van der Waals surface area contributed by atoms with Crippen LogP contribution in [0.4, 0.5) is 0 Å². The zero-order valence-electron chi connectivity index (χ0n) is 23.4. The van der Waals surface area contributed by atoms with E-state index in [9.17, 15) is 9.59 Å². The van der Waals surface area contributed by atoms with Crippen LogP contribution in [0.3, 0.4) is 0 Å². The zero-order chi connectivity index (χ0) is 27.7. The number of nitrogens with one attached hydrogen (secondary N) is 1. The van der Waals surface area contributed by atoms with Crippen LogP contribution in [0.5, 0.6) is 11.5 Å². The van der Waals surface area contributed by atoms with Gasteiger partial charge < -0.3 is 19.7 Å². The highest BCUT2D eigenvalue weighted by Gasteiger charge is 2.47. The Kier molecular flexibility index (Phi) is 7.26. The van der Waals surface area contributed by atoms with Gasteiger partial charge in [-0.15, -0.1) is 0 Å². The fraction of sp³-hybridized carbons (Fsp3) is 0.412. The molecular formula is C34H38N2O4. The van der Waals surface area contributed by atoms with Crippen LogP contribution in [-0.4, -0.2) is 43.0 Å². The number of ether oxygens (including phenoxy) is 2. The van der Waals surface area contributed by atoms with Crippen molar-refractivity contribution in [1.82, 2.24) is 10.2 Å². The standard InChI is InChI=1S/C34H38N2O4/c1-3-39-28-20-23-16-19-36-31(27(23)21-29(28)40-4-2)30(25-14-8-9-15-26(25)33(36)38)32(37)35-22-34(17-10-11-18-34)24-12-6-5-7-13-24/h5-9,12-15,20-21,30-31H,3-4,10-11,16-19,22H2,1-2H3,(H,35,37)/t30-,31+/m0/s1. The van der Waals surface area contributed by atoms with Gasteiger partial charge in [0, 0.05) is 24.1 Å². The minimum atomic E-state index is -0.519. The van der Waals surface area contributed by atoms with Crippen LogP contribution in [0.15, 0.2) is 66.7 Å². The van der Waals surface area contributed by atoms with Crippen molar-refractivity contribution in [3.05, 3.63) is 94.5 Å². The van der Waals surface area contributed by atoms with Gasteiger partial charge in [0.15, 0.2) is 11.5 Å². The topological polar surface area (TPSA) is 67.9 Å². The maximum Gasteiger partial charge on any atom is 0.254 e. The highest BCUT2D eigenvalue weighted by Crippen LogP contribution is 2.49. The number of rotatable bonds is 8. The summed E-state index contributed by atoms with van der Waals surface area (Å²) >= 11 is 0. The van der Waals surface area contributed by atoms with Gasteiger partial charge in [-0.25, -0.2) is 0 Å². The van der Waals surface area contributed by atoms with E-state index in [1.807, 2.05) is 61.2 Å². The predicted octanol–water partition coefficient (Wildman–Crippen LogP) is 5.95. The van der Waals surface area contributed by atoms with E-state index >= 15 is 0 Å². The Morgan fingerprint density at radius 3 is 2.33 bits per heavy atom. The molecule has 6 nitrogen and oxygen atoms in total. The van der Waals surface area contributed by atoms with Gasteiger partial charge in [-0.05, 0) is 73.6 Å². The average molecular weight is 539 g/mol. The van der Waals surface area contributed by atoms with Gasteiger partial charge in [0.05, 0.1) is 25.2 Å². The molecule has 3 aromatic carbocycles. The number of carbonyl (C=O) groups excluding carboxylic acids is 2. The predicted molar refractivity (Wildman–Crippen MR) is 155 cm³/mol. The summed E-state index contributed by atoms with van der Waals surface area (Å²) in [5.74, 6) is 0.806. The van der Waals surface area contributed by atoms with Gasteiger partial charge in [0.25, 0.3) is 5.91 Å². The molecule has 1 fully saturated rings. The van der Waals surface area contributed by atoms with E-state index in [0.29, 0.717) is 49.8 Å². The first-order valence-electron chi connectivity index (χ1n) is 14.7. The summed E-state index contributed by atoms with van der Waals surface area (Å²) in [6.45, 7) is 6.09. The van der Waals surface area contributed by atoms with Crippen molar-refractivity contribution < 1.29 is 19.1 Å². The van der Waals surface area contributed by atoms with Gasteiger partial charge in [0.1, 0.15) is 0 Å². The summed E-state index contributed by atoms with van der Waals surface area (Å²) in [5, 5.41) is 3.39. The molecule has 3 aromatic rings. The average Bonchev–Trinajstić information content (AvgIpc) is 3.47. The molecule has 208 valence electrons. The molecule has 6 heteroatoms. The van der Waals surface area contributed by atoms with Crippen LogP contribution >= 0.6 is 0 Å². The number of hydrogen-bond acceptors (Lipinski definition) is 4. The number of benzene rings is 3. The van der Waals surface area contributed by atoms with Crippen LogP contribution in [0, 0.1) is 0 Å². The zero-order valence-corrected chi connectivity index (χ0v) is 23.4. The Morgan fingerprint density at radius 1 is 0.925 bits per heavy atom. The van der Waals surface area contributed by atoms with Crippen LogP contribution in [-0.2, 0) is 16.6 Å². The summed E-state index contributed by atoms with van der Waals surface area (Å²) in [6, 6.07) is 21.9. The van der Waals surface area contributed by atoms with Crippen molar-refractivity contribution in [2.24, 2.45) is 0 Å². The number of carbonyl (C=O) groups is 2. The molecule has 0 spiro atoms. The molecule has 1 saturated carbocycles. The third kappa shape index (κ3) is 4.53. The summed E-state index contributed by atoms with van der Waals surface area (Å²) in [6.07, 6.45) is 5.16. The maximum atomic E-state index is 14.3. The lowest BCUT2D eigenvalue weighted by Gasteiger charge is -2.45. The number of amides is 2. The van der Waals surface area contributed by atoms with E-state index in [2.05, 4.69) is 29.6 Å². The second kappa shape index (κ2) is 11.0. The Balaban J connectivity index is 1.40. The SMILES string of the molecule is CCOc1cc2c(cc1OCC)[C@@H]1[C@@H](C(=O)NCC3(c4ccccc4)CCCC3)c3ccccc3C(=O)N1CC2. The Morgan fingerprint density at radius 2 is 1.60 bits per heavy atom. The summed E-state index contributed by atoms with van der Waals surface area (Å²) in [4.78, 5) is 30.0. The Labute approximate surface area is 236 Å². The van der Waals surface area contributed by atoms with Gasteiger partial charge in [-0.1, -0.05) is 61.4 Å². The quantitative estimate of drug-likeness (QED) is 0.385. The summed E-state index contributed by atoms with van der Waals surface area (Å²) in [7, 11) is 0. The smallest absolute Gasteiger partial charge is 0.254 e. The lowest BCUT2D eigenvalue weighted by atomic mass is 9.75. The number of nitrogens with zero attached hydrogens (tertiary/aromatic N) is 1. The molecule has 40 heavy (non-hydrogen) atoms. The third-order valence-electron chi connectivity index (χ3n) is 9.01. The fourth-order valence-electron chi connectivity index (χ4n) is 7.13. The molecule has 2 atom stereocenters. The van der Waals surface area contributed by atoms with Crippen molar-refractivity contribution >= 4 is 11.8 Å². The molecule has 0 bridgehead atoms. The monoisotopic (exact) mass is 538 g/mol. The van der Waals surface area contributed by atoms with Crippen LogP contribution in [0.25, 0.3) is 0 Å². The molecule has 1 N–H and O–H groups in total. The number of fused-ring (bicyclic) bond motifs is 4. The van der Waals surface area contributed by atoms with Crippen LogP contribution in [0.2, 0.25) is 0 Å². The molecule has 0 radical (unpaired) electrons. The van der Waals surface area contributed by atoms with E-state index in [-0.39, 0.29) is 17.2 Å². The molecule has 2 aliphatic heterocycles. The second-order valence-corrected chi connectivity index (χ2v) is 11.2. The van der Waals surface area contributed by atoms with E-state index in [4.69, 9.17) is 9.47 Å². The molecule has 1 aliphatic carbocycles. The van der Waals surface area contributed by atoms with Crippen LogP contribution in [0.1, 0.15) is 84.1 Å². The van der Waals surface area contributed by atoms with Gasteiger partial charge in [0.2, 0.25) is 5.91 Å². The molecular weight excluding hydrogens is 500 g/mol. The summed E-state index contributed by atoms with van der Waals surface area (Å²) in [5.41, 5.74) is 4.73. The lowest BCUT2D eigenvalue weighted by Crippen LogP contribution is -2.51. The maximum absolute atomic E-state index is 14.3. The van der Waals surface area contributed by atoms with Gasteiger partial charge in [-0.2, -0.15) is 0 Å². The first kappa shape index (κ1) is 26.4. The van der Waals surface area contributed by atoms with Gasteiger partial charge in [-0.3, -0.25) is 9.59 Å². The van der Waals surface area contributed by atoms with Crippen molar-refractivity contribution in [3.8, 4) is 11.5 Å². The molecule has 6 rings (SSSR count). The Bertz CT molecular complexity index is 1400. The normalized spacial score (nSPS) is 20.8. The second-order valence-electron chi connectivity index (χ2n) is 11.2. The van der Waals surface area contributed by atoms with Crippen molar-refractivity contribution in [1.29, 1.82) is 0 Å². The third-order valence-corrected chi connectivity index (χ3v) is 9.01. The van der Waals surface area contributed by atoms with Crippen molar-refractivity contribution in [2.75, 3.05) is 26.3 Å². The van der Waals surface area contributed by atoms with Crippen LogP contribution < -0.4 is 14.8 Å². The van der Waals surface area contributed by atoms with Gasteiger partial charge >= 0.3 is 0 Å². The van der Waals surface area contributed by atoms with E-state index in [1.54, 1.807) is 0 Å². The molecule has 0 saturated heterocycles. The fourth-order valence-corrected chi connectivity index (χ4v) is 7.13. The van der Waals surface area contributed by atoms with Crippen molar-refractivity contribution in [3.63, 3.8) is 0 Å². The lowest BCUT2D eigenvalue weighted by molar-refractivity contribution is -0.124. The summed E-state index contributed by atoms with van der Waals surface area (Å²) < 4.78 is 11.9. The van der Waals surface area contributed by atoms with Crippen molar-refractivity contribution in [2.45, 2.75) is 63.3 Å². The first-order chi connectivity index (χ1) is 19.6.